The molecule has 2 heterocycles. The molecule has 0 amide bonds. The highest BCUT2D eigenvalue weighted by atomic mass is 32.2. The normalized spacial score (nSPS) is 10.9. The summed E-state index contributed by atoms with van der Waals surface area (Å²) in [6.45, 7) is -0.261. The van der Waals surface area contributed by atoms with Gasteiger partial charge in [-0.25, -0.2) is 9.37 Å². The molecule has 0 saturated carbocycles. The molecular weight excluding hydrogens is 421 g/mol. The van der Waals surface area contributed by atoms with E-state index in [1.54, 1.807) is 42.5 Å². The third-order valence-electron chi connectivity index (χ3n) is 4.42. The van der Waals surface area contributed by atoms with Crippen LogP contribution in [-0.2, 0) is 16.1 Å². The lowest BCUT2D eigenvalue weighted by atomic mass is 10.2. The van der Waals surface area contributed by atoms with E-state index < -0.39 is 11.8 Å². The van der Waals surface area contributed by atoms with E-state index >= 15 is 0 Å². The lowest BCUT2D eigenvalue weighted by Gasteiger charge is -2.14. The number of aromatic nitrogens is 3. The smallest absolute Gasteiger partial charge is 0.316 e. The van der Waals surface area contributed by atoms with E-state index in [9.17, 15) is 19.2 Å². The molecule has 0 spiro atoms. The van der Waals surface area contributed by atoms with Gasteiger partial charge in [-0.15, -0.1) is 0 Å². The van der Waals surface area contributed by atoms with Crippen molar-refractivity contribution in [3.8, 4) is 5.69 Å². The number of para-hydroxylation sites is 1. The van der Waals surface area contributed by atoms with Gasteiger partial charge in [-0.2, -0.15) is 4.73 Å². The first-order valence-electron chi connectivity index (χ1n) is 9.26. The minimum atomic E-state index is -0.568. The summed E-state index contributed by atoms with van der Waals surface area (Å²) in [5.74, 6) is -0.887. The molecule has 4 rings (SSSR count). The van der Waals surface area contributed by atoms with Crippen LogP contribution in [-0.4, -0.2) is 21.3 Å². The fourth-order valence-electron chi connectivity index (χ4n) is 2.98. The first-order valence-corrected chi connectivity index (χ1v) is 10.2. The monoisotopic (exact) mass is 437 g/mol. The Hall–Kier alpha value is -3.72. The fourth-order valence-corrected chi connectivity index (χ4v) is 3.69. The van der Waals surface area contributed by atoms with Crippen molar-refractivity contribution < 1.29 is 18.7 Å². The van der Waals surface area contributed by atoms with Crippen molar-refractivity contribution in [2.45, 2.75) is 11.6 Å². The second-order valence-corrected chi connectivity index (χ2v) is 7.47. The summed E-state index contributed by atoms with van der Waals surface area (Å²) in [5.41, 5.74) is 0.513. The lowest BCUT2D eigenvalue weighted by molar-refractivity contribution is -0.645. The van der Waals surface area contributed by atoms with Crippen LogP contribution in [0.25, 0.3) is 16.6 Å². The maximum Gasteiger partial charge on any atom is 0.316 e. The summed E-state index contributed by atoms with van der Waals surface area (Å²) in [6.07, 6.45) is 1.34. The van der Waals surface area contributed by atoms with Gasteiger partial charge in [0.25, 0.3) is 10.6 Å². The first-order chi connectivity index (χ1) is 15.0. The number of nitrogens with zero attached hydrogens (tertiary/aromatic N) is 3. The zero-order valence-electron chi connectivity index (χ0n) is 16.1. The van der Waals surface area contributed by atoms with Gasteiger partial charge in [-0.1, -0.05) is 12.1 Å². The third kappa shape index (κ3) is 4.56. The standard InChI is InChI=1S/C22H16FN3O4S/c23-15-8-10-16(11-9-15)26-19(24-18-6-2-1-5-17(18)22(26)28)13-30-21(27)14-31-20-7-3-4-12-25(20)29/h1-12H,13-14H2. The summed E-state index contributed by atoms with van der Waals surface area (Å²) in [7, 11) is 0. The summed E-state index contributed by atoms with van der Waals surface area (Å²) >= 11 is 1.04. The van der Waals surface area contributed by atoms with Crippen LogP contribution in [0.4, 0.5) is 4.39 Å². The summed E-state index contributed by atoms with van der Waals surface area (Å²) in [4.78, 5) is 29.8. The number of ether oxygens (including phenoxy) is 1. The van der Waals surface area contributed by atoms with Crippen LogP contribution in [0.1, 0.15) is 5.82 Å². The van der Waals surface area contributed by atoms with Gasteiger partial charge in [-0.05, 0) is 54.2 Å². The van der Waals surface area contributed by atoms with Crippen molar-refractivity contribution in [3.05, 3.63) is 100 Å². The van der Waals surface area contributed by atoms with Crippen LogP contribution < -0.4 is 10.3 Å². The third-order valence-corrected chi connectivity index (χ3v) is 5.41. The molecule has 0 N–H and O–H groups in total. The maximum atomic E-state index is 13.4. The molecular formula is C22H16FN3O4S. The van der Waals surface area contributed by atoms with Gasteiger partial charge in [0.05, 0.1) is 16.6 Å². The molecule has 0 atom stereocenters. The molecule has 0 unspecified atom stereocenters. The number of benzene rings is 2. The molecule has 0 saturated heterocycles. The molecule has 0 aliphatic heterocycles. The number of carbonyl (C=O) groups is 1. The average molecular weight is 437 g/mol. The van der Waals surface area contributed by atoms with E-state index in [-0.39, 0.29) is 23.7 Å². The first kappa shape index (κ1) is 20.5. The molecule has 2 aromatic heterocycles. The number of carbonyl (C=O) groups excluding carboxylic acids is 1. The Morgan fingerprint density at radius 2 is 1.84 bits per heavy atom. The summed E-state index contributed by atoms with van der Waals surface area (Å²) < 4.78 is 20.6. The Bertz CT molecular complexity index is 1310. The molecule has 0 aliphatic carbocycles. The van der Waals surface area contributed by atoms with E-state index in [2.05, 4.69) is 4.98 Å². The van der Waals surface area contributed by atoms with Gasteiger partial charge in [0, 0.05) is 12.1 Å². The van der Waals surface area contributed by atoms with Crippen LogP contribution in [0.5, 0.6) is 0 Å². The number of fused-ring (bicyclic) bond motifs is 1. The van der Waals surface area contributed by atoms with Crippen LogP contribution in [0, 0.1) is 11.0 Å². The molecule has 0 aliphatic rings. The van der Waals surface area contributed by atoms with Gasteiger partial charge in [0.1, 0.15) is 18.2 Å². The molecule has 0 radical (unpaired) electrons. The van der Waals surface area contributed by atoms with Crippen molar-refractivity contribution in [2.24, 2.45) is 0 Å². The van der Waals surface area contributed by atoms with E-state index in [1.807, 2.05) is 0 Å². The van der Waals surface area contributed by atoms with Crippen molar-refractivity contribution in [3.63, 3.8) is 0 Å². The largest absolute Gasteiger partial charge is 0.618 e. The van der Waals surface area contributed by atoms with E-state index in [0.29, 0.717) is 26.3 Å². The SMILES string of the molecule is O=C(CSc1cccc[n+]1[O-])OCc1nc2ccccc2c(=O)n1-c1ccc(F)cc1. The minimum Gasteiger partial charge on any atom is -0.618 e. The van der Waals surface area contributed by atoms with Crippen LogP contribution in [0.2, 0.25) is 0 Å². The highest BCUT2D eigenvalue weighted by Crippen LogP contribution is 2.16. The predicted molar refractivity (Wildman–Crippen MR) is 113 cm³/mol. The van der Waals surface area contributed by atoms with Gasteiger partial charge in [0.2, 0.25) is 0 Å². The second kappa shape index (κ2) is 8.97. The number of hydrogen-bond donors (Lipinski definition) is 0. The fraction of sp³-hybridized carbons (Fsp3) is 0.0909. The molecule has 7 nitrogen and oxygen atoms in total. The number of thioether (sulfide) groups is 1. The quantitative estimate of drug-likeness (QED) is 0.199. The van der Waals surface area contributed by atoms with Crippen molar-refractivity contribution >= 4 is 28.6 Å². The molecule has 156 valence electrons. The Morgan fingerprint density at radius 3 is 2.61 bits per heavy atom. The molecule has 2 aromatic carbocycles. The van der Waals surface area contributed by atoms with Gasteiger partial charge >= 0.3 is 5.97 Å². The highest BCUT2D eigenvalue weighted by Gasteiger charge is 2.16. The number of esters is 1. The highest BCUT2D eigenvalue weighted by molar-refractivity contribution is 7.99. The molecule has 4 aromatic rings. The van der Waals surface area contributed by atoms with Crippen LogP contribution in [0.15, 0.2) is 82.7 Å². The number of pyridine rings is 1. The van der Waals surface area contributed by atoms with Gasteiger partial charge in [-0.3, -0.25) is 14.2 Å². The Morgan fingerprint density at radius 1 is 1.10 bits per heavy atom. The zero-order chi connectivity index (χ0) is 21.8. The molecule has 0 fully saturated rings. The molecule has 0 bridgehead atoms. The minimum absolute atomic E-state index is 0.0827. The Balaban J connectivity index is 1.59. The van der Waals surface area contributed by atoms with Gasteiger partial charge in [0.15, 0.2) is 12.0 Å². The number of hydrogen-bond acceptors (Lipinski definition) is 6. The topological polar surface area (TPSA) is 88.1 Å². The van der Waals surface area contributed by atoms with E-state index in [0.717, 1.165) is 11.8 Å². The van der Waals surface area contributed by atoms with Gasteiger partial charge < -0.3 is 9.94 Å². The Labute approximate surface area is 180 Å². The van der Waals surface area contributed by atoms with Crippen molar-refractivity contribution in [1.82, 2.24) is 9.55 Å². The average Bonchev–Trinajstić information content (AvgIpc) is 2.78. The number of halogens is 1. The summed E-state index contributed by atoms with van der Waals surface area (Å²) in [5, 5.41) is 12.4. The summed E-state index contributed by atoms with van der Waals surface area (Å²) in [6, 6.07) is 17.1. The maximum absolute atomic E-state index is 13.4. The van der Waals surface area contributed by atoms with Crippen LogP contribution in [0.3, 0.4) is 0 Å². The number of rotatable bonds is 6. The zero-order valence-corrected chi connectivity index (χ0v) is 16.9. The molecule has 9 heteroatoms. The van der Waals surface area contributed by atoms with E-state index in [4.69, 9.17) is 4.74 Å². The molecule has 31 heavy (non-hydrogen) atoms. The predicted octanol–water partition coefficient (Wildman–Crippen LogP) is 2.99. The van der Waals surface area contributed by atoms with Crippen molar-refractivity contribution in [2.75, 3.05) is 5.75 Å². The lowest BCUT2D eigenvalue weighted by Crippen LogP contribution is -2.28. The Kier molecular flexibility index (Phi) is 5.94. The van der Waals surface area contributed by atoms with Crippen LogP contribution >= 0.6 is 11.8 Å². The van der Waals surface area contributed by atoms with E-state index in [1.165, 1.54) is 35.0 Å². The van der Waals surface area contributed by atoms with Crippen molar-refractivity contribution in [1.29, 1.82) is 0 Å². The second-order valence-electron chi connectivity index (χ2n) is 6.48.